The molecule has 0 bridgehead atoms. The molecule has 1 atom stereocenters. The van der Waals surface area contributed by atoms with E-state index in [1.807, 2.05) is 0 Å². The van der Waals surface area contributed by atoms with Gasteiger partial charge in [-0.1, -0.05) is 13.0 Å². The highest BCUT2D eigenvalue weighted by Gasteiger charge is 2.31. The molecule has 0 spiro atoms. The van der Waals surface area contributed by atoms with Crippen LogP contribution >= 0.6 is 0 Å². The fraction of sp³-hybridized carbons (Fsp3) is 0.600. The first-order valence-corrected chi connectivity index (χ1v) is 4.60. The minimum absolute atomic E-state index is 0.155. The summed E-state index contributed by atoms with van der Waals surface area (Å²) in [5.74, 6) is -1.14. The number of allylic oxidation sites excluding steroid dienone is 1. The van der Waals surface area contributed by atoms with Crippen molar-refractivity contribution in [2.45, 2.75) is 27.2 Å². The Morgan fingerprint density at radius 2 is 2.07 bits per heavy atom. The van der Waals surface area contributed by atoms with Crippen LogP contribution in [0.2, 0.25) is 0 Å². The fourth-order valence-electron chi connectivity index (χ4n) is 0.844. The van der Waals surface area contributed by atoms with Crippen molar-refractivity contribution < 1.29 is 14.7 Å². The number of aliphatic carboxylic acids is 1. The van der Waals surface area contributed by atoms with Crippen molar-refractivity contribution in [1.29, 1.82) is 0 Å². The minimum Gasteiger partial charge on any atom is -0.481 e. The molecule has 0 aliphatic carbocycles. The summed E-state index contributed by atoms with van der Waals surface area (Å²) in [6.45, 7) is 5.29. The van der Waals surface area contributed by atoms with Crippen LogP contribution in [0.3, 0.4) is 0 Å². The third-order valence-corrected chi connectivity index (χ3v) is 2.27. The third-order valence-electron chi connectivity index (χ3n) is 2.27. The van der Waals surface area contributed by atoms with Crippen molar-refractivity contribution in [1.82, 2.24) is 5.32 Å². The number of rotatable bonds is 5. The lowest BCUT2D eigenvalue weighted by molar-refractivity contribution is -0.148. The van der Waals surface area contributed by atoms with Gasteiger partial charge < -0.3 is 10.4 Å². The molecule has 1 amide bonds. The first-order chi connectivity index (χ1) is 6.46. The predicted octanol–water partition coefficient (Wildman–Crippen LogP) is 1.18. The molecule has 0 aliphatic heterocycles. The van der Waals surface area contributed by atoms with Gasteiger partial charge in [0.2, 0.25) is 5.91 Å². The quantitative estimate of drug-likeness (QED) is 0.653. The topological polar surface area (TPSA) is 66.4 Å². The van der Waals surface area contributed by atoms with E-state index in [1.165, 1.54) is 6.08 Å². The molecule has 0 radical (unpaired) electrons. The van der Waals surface area contributed by atoms with Gasteiger partial charge in [0.1, 0.15) is 0 Å². The summed E-state index contributed by atoms with van der Waals surface area (Å²) in [5, 5.41) is 11.5. The summed E-state index contributed by atoms with van der Waals surface area (Å²) >= 11 is 0. The Morgan fingerprint density at radius 3 is 2.43 bits per heavy atom. The van der Waals surface area contributed by atoms with E-state index in [2.05, 4.69) is 5.32 Å². The zero-order valence-corrected chi connectivity index (χ0v) is 8.83. The molecule has 0 aromatic carbocycles. The number of nitrogens with one attached hydrogen (secondary N) is 1. The van der Waals surface area contributed by atoms with Crippen LogP contribution in [0.5, 0.6) is 0 Å². The summed E-state index contributed by atoms with van der Waals surface area (Å²) in [7, 11) is 0. The second kappa shape index (κ2) is 5.42. The molecule has 4 heteroatoms. The van der Waals surface area contributed by atoms with Gasteiger partial charge in [0.25, 0.3) is 0 Å². The average Bonchev–Trinajstić information content (AvgIpc) is 2.14. The van der Waals surface area contributed by atoms with E-state index in [-0.39, 0.29) is 12.5 Å². The number of hydrogen-bond donors (Lipinski definition) is 2. The number of hydrogen-bond acceptors (Lipinski definition) is 2. The molecular formula is C10H17NO3. The van der Waals surface area contributed by atoms with Crippen molar-refractivity contribution in [3.63, 3.8) is 0 Å². The maximum absolute atomic E-state index is 11.0. The van der Waals surface area contributed by atoms with Gasteiger partial charge in [0, 0.05) is 6.54 Å². The first-order valence-electron chi connectivity index (χ1n) is 4.60. The molecule has 4 nitrogen and oxygen atoms in total. The van der Waals surface area contributed by atoms with Gasteiger partial charge in [0.15, 0.2) is 0 Å². The van der Waals surface area contributed by atoms with Gasteiger partial charge in [-0.3, -0.25) is 9.59 Å². The average molecular weight is 199 g/mol. The smallest absolute Gasteiger partial charge is 0.311 e. The molecule has 0 saturated heterocycles. The van der Waals surface area contributed by atoms with Crippen LogP contribution in [0.1, 0.15) is 27.2 Å². The van der Waals surface area contributed by atoms with Gasteiger partial charge in [-0.2, -0.15) is 0 Å². The van der Waals surface area contributed by atoms with Crippen LogP contribution in [0.25, 0.3) is 0 Å². The molecule has 0 saturated carbocycles. The van der Waals surface area contributed by atoms with E-state index in [0.29, 0.717) is 6.42 Å². The number of carboxylic acid groups (broad SMARTS) is 1. The van der Waals surface area contributed by atoms with Crippen LogP contribution < -0.4 is 5.32 Å². The Hall–Kier alpha value is -1.32. The maximum Gasteiger partial charge on any atom is 0.311 e. The molecule has 0 heterocycles. The number of amides is 1. The molecule has 14 heavy (non-hydrogen) atoms. The molecular weight excluding hydrogens is 182 g/mol. The van der Waals surface area contributed by atoms with Crippen LogP contribution in [0, 0.1) is 5.41 Å². The normalized spacial score (nSPS) is 15.1. The monoisotopic (exact) mass is 199 g/mol. The van der Waals surface area contributed by atoms with Crippen LogP contribution in [0.4, 0.5) is 0 Å². The van der Waals surface area contributed by atoms with E-state index in [4.69, 9.17) is 5.11 Å². The van der Waals surface area contributed by atoms with Crippen LogP contribution in [-0.4, -0.2) is 23.5 Å². The standard InChI is InChI=1S/C10H17NO3/c1-4-6-8(12)11-7-10(3,5-2)9(13)14/h4,6H,5,7H2,1-3H3,(H,11,12)(H,13,14)/b6-4+. The van der Waals surface area contributed by atoms with E-state index in [9.17, 15) is 9.59 Å². The highest BCUT2D eigenvalue weighted by atomic mass is 16.4. The van der Waals surface area contributed by atoms with Crippen molar-refractivity contribution in [2.75, 3.05) is 6.54 Å². The second-order valence-corrected chi connectivity index (χ2v) is 3.44. The summed E-state index contributed by atoms with van der Waals surface area (Å²) in [6.07, 6.45) is 3.47. The van der Waals surface area contributed by atoms with Crippen molar-refractivity contribution >= 4 is 11.9 Å². The Morgan fingerprint density at radius 1 is 1.50 bits per heavy atom. The largest absolute Gasteiger partial charge is 0.481 e. The van der Waals surface area contributed by atoms with E-state index >= 15 is 0 Å². The Bertz CT molecular complexity index is 248. The van der Waals surface area contributed by atoms with Crippen molar-refractivity contribution in [3.8, 4) is 0 Å². The van der Waals surface area contributed by atoms with Crippen LogP contribution in [0.15, 0.2) is 12.2 Å². The lowest BCUT2D eigenvalue weighted by atomic mass is 9.88. The molecule has 0 aromatic heterocycles. The summed E-state index contributed by atoms with van der Waals surface area (Å²) < 4.78 is 0. The van der Waals surface area contributed by atoms with E-state index in [1.54, 1.807) is 26.8 Å². The van der Waals surface area contributed by atoms with Gasteiger partial charge in [-0.15, -0.1) is 0 Å². The first kappa shape index (κ1) is 12.7. The molecule has 80 valence electrons. The second-order valence-electron chi connectivity index (χ2n) is 3.44. The number of carboxylic acids is 1. The minimum atomic E-state index is -0.888. The zero-order chi connectivity index (χ0) is 11.2. The highest BCUT2D eigenvalue weighted by molar-refractivity contribution is 5.88. The van der Waals surface area contributed by atoms with Crippen LogP contribution in [-0.2, 0) is 9.59 Å². The lowest BCUT2D eigenvalue weighted by Crippen LogP contribution is -2.40. The van der Waals surface area contributed by atoms with E-state index < -0.39 is 11.4 Å². The zero-order valence-electron chi connectivity index (χ0n) is 8.83. The molecule has 0 rings (SSSR count). The van der Waals surface area contributed by atoms with Gasteiger partial charge in [-0.05, 0) is 26.3 Å². The highest BCUT2D eigenvalue weighted by Crippen LogP contribution is 2.19. The van der Waals surface area contributed by atoms with E-state index in [0.717, 1.165) is 0 Å². The predicted molar refractivity (Wildman–Crippen MR) is 53.9 cm³/mol. The number of carbonyl (C=O) groups excluding carboxylic acids is 1. The van der Waals surface area contributed by atoms with Gasteiger partial charge in [0.05, 0.1) is 5.41 Å². The summed E-state index contributed by atoms with van der Waals surface area (Å²) in [5.41, 5.74) is -0.878. The molecule has 0 aliphatic rings. The lowest BCUT2D eigenvalue weighted by Gasteiger charge is -2.22. The summed E-state index contributed by atoms with van der Waals surface area (Å²) in [6, 6.07) is 0. The maximum atomic E-state index is 11.0. The van der Waals surface area contributed by atoms with Gasteiger partial charge >= 0.3 is 5.97 Å². The van der Waals surface area contributed by atoms with Crippen molar-refractivity contribution in [2.24, 2.45) is 5.41 Å². The third kappa shape index (κ3) is 3.60. The van der Waals surface area contributed by atoms with Crippen molar-refractivity contribution in [3.05, 3.63) is 12.2 Å². The fourth-order valence-corrected chi connectivity index (χ4v) is 0.844. The molecule has 0 fully saturated rings. The Kier molecular flexibility index (Phi) is 4.91. The Labute approximate surface area is 84.0 Å². The Balaban J connectivity index is 4.21. The molecule has 1 unspecified atom stereocenters. The van der Waals surface area contributed by atoms with Gasteiger partial charge in [-0.25, -0.2) is 0 Å². The summed E-state index contributed by atoms with van der Waals surface area (Å²) in [4.78, 5) is 21.9. The molecule has 0 aromatic rings. The molecule has 2 N–H and O–H groups in total. The number of carbonyl (C=O) groups is 2. The SMILES string of the molecule is C/C=C/C(=O)NCC(C)(CC)C(=O)O.